The highest BCUT2D eigenvalue weighted by Crippen LogP contribution is 2.30. The standard InChI is InChI=1S/C22H29N3O2S/c1-15(22(2,3)4)21(27)25-11-5-6-18(25)20(26)24-12-16-7-9-17(10-8-16)19-13-23-14-28-19/h7-10,13-15,18H,5-6,11-12H2,1-4H3,(H,24,26). The molecule has 150 valence electrons. The molecule has 2 amide bonds. The van der Waals surface area contributed by atoms with Crippen molar-refractivity contribution in [2.75, 3.05) is 6.54 Å². The Bertz CT molecular complexity index is 809. The third-order valence-electron chi connectivity index (χ3n) is 5.65. The summed E-state index contributed by atoms with van der Waals surface area (Å²) in [5.74, 6) is -0.0854. The van der Waals surface area contributed by atoms with Crippen molar-refractivity contribution in [1.82, 2.24) is 15.2 Å². The third-order valence-corrected chi connectivity index (χ3v) is 6.47. The number of thiazole rings is 1. The Morgan fingerprint density at radius 3 is 2.61 bits per heavy atom. The smallest absolute Gasteiger partial charge is 0.243 e. The fraction of sp³-hybridized carbons (Fsp3) is 0.500. The Kier molecular flexibility index (Phi) is 6.18. The van der Waals surface area contributed by atoms with Gasteiger partial charge in [0, 0.05) is 25.2 Å². The predicted molar refractivity (Wildman–Crippen MR) is 113 cm³/mol. The normalized spacial score (nSPS) is 18.1. The molecule has 1 aliphatic heterocycles. The number of hydrogen-bond donors (Lipinski definition) is 1. The summed E-state index contributed by atoms with van der Waals surface area (Å²) in [7, 11) is 0. The molecule has 0 spiro atoms. The maximum absolute atomic E-state index is 12.9. The van der Waals surface area contributed by atoms with E-state index in [0.29, 0.717) is 13.1 Å². The summed E-state index contributed by atoms with van der Waals surface area (Å²) in [6.45, 7) is 9.29. The molecule has 3 rings (SSSR count). The molecule has 6 heteroatoms. The number of likely N-dealkylation sites (tertiary alicyclic amines) is 1. The molecule has 1 aromatic carbocycles. The van der Waals surface area contributed by atoms with Crippen LogP contribution in [-0.2, 0) is 16.1 Å². The molecular formula is C22H29N3O2S. The lowest BCUT2D eigenvalue weighted by Gasteiger charge is -2.32. The maximum Gasteiger partial charge on any atom is 0.243 e. The summed E-state index contributed by atoms with van der Waals surface area (Å²) in [5.41, 5.74) is 3.88. The van der Waals surface area contributed by atoms with E-state index in [9.17, 15) is 9.59 Å². The number of nitrogens with zero attached hydrogens (tertiary/aromatic N) is 2. The van der Waals surface area contributed by atoms with Gasteiger partial charge in [0.15, 0.2) is 0 Å². The fourth-order valence-electron chi connectivity index (χ4n) is 3.37. The van der Waals surface area contributed by atoms with Gasteiger partial charge in [0.05, 0.1) is 10.4 Å². The SMILES string of the molecule is CC(C(=O)N1CCCC1C(=O)NCc1ccc(-c2cncs2)cc1)C(C)(C)C. The van der Waals surface area contributed by atoms with E-state index in [0.717, 1.165) is 28.8 Å². The minimum absolute atomic E-state index is 0.0570. The van der Waals surface area contributed by atoms with Crippen LogP contribution in [0.5, 0.6) is 0 Å². The lowest BCUT2D eigenvalue weighted by atomic mass is 9.81. The van der Waals surface area contributed by atoms with Crippen LogP contribution in [0.1, 0.15) is 46.1 Å². The van der Waals surface area contributed by atoms with E-state index in [1.54, 1.807) is 16.2 Å². The zero-order chi connectivity index (χ0) is 20.3. The molecule has 1 aliphatic rings. The Hall–Kier alpha value is -2.21. The summed E-state index contributed by atoms with van der Waals surface area (Å²) in [5, 5.41) is 3.02. The second kappa shape index (κ2) is 8.43. The average Bonchev–Trinajstić information content (AvgIpc) is 3.36. The van der Waals surface area contributed by atoms with Crippen molar-refractivity contribution < 1.29 is 9.59 Å². The first-order valence-electron chi connectivity index (χ1n) is 9.83. The predicted octanol–water partition coefficient (Wildman–Crippen LogP) is 4.10. The van der Waals surface area contributed by atoms with Crippen molar-refractivity contribution in [3.63, 3.8) is 0 Å². The first-order valence-corrected chi connectivity index (χ1v) is 10.7. The number of nitrogens with one attached hydrogen (secondary N) is 1. The van der Waals surface area contributed by atoms with Crippen LogP contribution in [-0.4, -0.2) is 34.3 Å². The lowest BCUT2D eigenvalue weighted by Crippen LogP contribution is -2.49. The summed E-state index contributed by atoms with van der Waals surface area (Å²) in [6, 6.07) is 7.79. The molecule has 0 aliphatic carbocycles. The first kappa shape index (κ1) is 20.5. The largest absolute Gasteiger partial charge is 0.350 e. The molecule has 2 atom stereocenters. The van der Waals surface area contributed by atoms with Crippen LogP contribution in [0.3, 0.4) is 0 Å². The van der Waals surface area contributed by atoms with E-state index in [2.05, 4.69) is 31.1 Å². The molecule has 28 heavy (non-hydrogen) atoms. The molecule has 1 N–H and O–H groups in total. The van der Waals surface area contributed by atoms with Crippen molar-refractivity contribution in [3.8, 4) is 10.4 Å². The van der Waals surface area contributed by atoms with Gasteiger partial charge in [0.1, 0.15) is 6.04 Å². The highest BCUT2D eigenvalue weighted by molar-refractivity contribution is 7.13. The van der Waals surface area contributed by atoms with Crippen LogP contribution >= 0.6 is 11.3 Å². The summed E-state index contributed by atoms with van der Waals surface area (Å²) >= 11 is 1.61. The topological polar surface area (TPSA) is 62.3 Å². The zero-order valence-electron chi connectivity index (χ0n) is 17.1. The minimum atomic E-state index is -0.353. The van der Waals surface area contributed by atoms with Crippen LogP contribution in [0.2, 0.25) is 0 Å². The highest BCUT2D eigenvalue weighted by Gasteiger charge is 2.38. The van der Waals surface area contributed by atoms with Gasteiger partial charge in [0.25, 0.3) is 0 Å². The number of aromatic nitrogens is 1. The van der Waals surface area contributed by atoms with Gasteiger partial charge in [0.2, 0.25) is 11.8 Å². The van der Waals surface area contributed by atoms with Crippen molar-refractivity contribution in [1.29, 1.82) is 0 Å². The molecule has 1 aromatic heterocycles. The molecule has 0 radical (unpaired) electrons. The molecule has 0 saturated carbocycles. The summed E-state index contributed by atoms with van der Waals surface area (Å²) in [4.78, 5) is 32.6. The second-order valence-electron chi connectivity index (χ2n) is 8.56. The molecule has 2 aromatic rings. The quantitative estimate of drug-likeness (QED) is 0.823. The molecule has 2 unspecified atom stereocenters. The molecule has 1 saturated heterocycles. The molecule has 1 fully saturated rings. The van der Waals surface area contributed by atoms with E-state index in [1.165, 1.54) is 0 Å². The van der Waals surface area contributed by atoms with Crippen molar-refractivity contribution >= 4 is 23.2 Å². The number of amides is 2. The van der Waals surface area contributed by atoms with Crippen LogP contribution in [0, 0.1) is 11.3 Å². The van der Waals surface area contributed by atoms with E-state index in [1.807, 2.05) is 42.9 Å². The van der Waals surface area contributed by atoms with E-state index in [-0.39, 0.29) is 29.2 Å². The first-order chi connectivity index (χ1) is 13.3. The summed E-state index contributed by atoms with van der Waals surface area (Å²) < 4.78 is 0. The van der Waals surface area contributed by atoms with Gasteiger partial charge >= 0.3 is 0 Å². The molecule has 2 heterocycles. The summed E-state index contributed by atoms with van der Waals surface area (Å²) in [6.07, 6.45) is 3.47. The van der Waals surface area contributed by atoms with Gasteiger partial charge in [-0.25, -0.2) is 0 Å². The van der Waals surface area contributed by atoms with Gasteiger partial charge in [-0.2, -0.15) is 0 Å². The molecular weight excluding hydrogens is 370 g/mol. The van der Waals surface area contributed by atoms with E-state index < -0.39 is 0 Å². The van der Waals surface area contributed by atoms with Crippen molar-refractivity contribution in [2.24, 2.45) is 11.3 Å². The fourth-order valence-corrected chi connectivity index (χ4v) is 4.00. The number of benzene rings is 1. The minimum Gasteiger partial charge on any atom is -0.350 e. The lowest BCUT2D eigenvalue weighted by molar-refractivity contribution is -0.143. The average molecular weight is 400 g/mol. The Morgan fingerprint density at radius 1 is 1.29 bits per heavy atom. The zero-order valence-corrected chi connectivity index (χ0v) is 17.9. The van der Waals surface area contributed by atoms with E-state index >= 15 is 0 Å². The van der Waals surface area contributed by atoms with Crippen molar-refractivity contribution in [2.45, 2.75) is 53.1 Å². The third kappa shape index (κ3) is 4.61. The Labute approximate surface area is 171 Å². The van der Waals surface area contributed by atoms with Gasteiger partial charge < -0.3 is 10.2 Å². The Balaban J connectivity index is 1.59. The van der Waals surface area contributed by atoms with Crippen LogP contribution < -0.4 is 5.32 Å². The highest BCUT2D eigenvalue weighted by atomic mass is 32.1. The number of rotatable bonds is 5. The second-order valence-corrected chi connectivity index (χ2v) is 9.44. The maximum atomic E-state index is 12.9. The number of carbonyl (C=O) groups is 2. The number of hydrogen-bond acceptors (Lipinski definition) is 4. The number of carbonyl (C=O) groups excluding carboxylic acids is 2. The van der Waals surface area contributed by atoms with Gasteiger partial charge in [-0.15, -0.1) is 11.3 Å². The van der Waals surface area contributed by atoms with Crippen LogP contribution in [0.25, 0.3) is 10.4 Å². The van der Waals surface area contributed by atoms with Gasteiger partial charge in [-0.3, -0.25) is 14.6 Å². The Morgan fingerprint density at radius 2 is 2.00 bits per heavy atom. The molecule has 0 bridgehead atoms. The van der Waals surface area contributed by atoms with Crippen LogP contribution in [0.15, 0.2) is 36.0 Å². The van der Waals surface area contributed by atoms with E-state index in [4.69, 9.17) is 0 Å². The molecule has 5 nitrogen and oxygen atoms in total. The monoisotopic (exact) mass is 399 g/mol. The van der Waals surface area contributed by atoms with Crippen molar-refractivity contribution in [3.05, 3.63) is 41.5 Å². The van der Waals surface area contributed by atoms with Gasteiger partial charge in [-0.1, -0.05) is 52.0 Å². The van der Waals surface area contributed by atoms with Gasteiger partial charge in [-0.05, 0) is 29.4 Å². The van der Waals surface area contributed by atoms with Crippen LogP contribution in [0.4, 0.5) is 0 Å².